The number of rotatable bonds is 7. The van der Waals surface area contributed by atoms with Crippen LogP contribution in [0, 0.1) is 17.0 Å². The van der Waals surface area contributed by atoms with Crippen LogP contribution in [0.1, 0.15) is 43.4 Å². The molecule has 1 N–H and O–H groups in total. The molecule has 0 saturated carbocycles. The third-order valence-electron chi connectivity index (χ3n) is 5.81. The molecule has 9 heteroatoms. The molecule has 0 aliphatic heterocycles. The highest BCUT2D eigenvalue weighted by Gasteiger charge is 2.19. The second kappa shape index (κ2) is 9.99. The SMILES string of the molecule is CCOc1cc(C)c(-c2nc3ccccc3c(=O)n2N=Cc2cc([N+](=O)[O-])ccc2O)cc1C(C)C. The van der Waals surface area contributed by atoms with Crippen LogP contribution in [0.5, 0.6) is 11.5 Å². The smallest absolute Gasteiger partial charge is 0.282 e. The molecule has 184 valence electrons. The fraction of sp³-hybridized carbons (Fsp3) is 0.222. The quantitative estimate of drug-likeness (QED) is 0.212. The fourth-order valence-electron chi connectivity index (χ4n) is 3.95. The summed E-state index contributed by atoms with van der Waals surface area (Å²) >= 11 is 0. The number of para-hydroxylation sites is 1. The minimum atomic E-state index is -0.567. The Balaban J connectivity index is 1.98. The summed E-state index contributed by atoms with van der Waals surface area (Å²) in [6, 6.07) is 14.4. The zero-order valence-corrected chi connectivity index (χ0v) is 20.4. The Morgan fingerprint density at radius 3 is 2.64 bits per heavy atom. The van der Waals surface area contributed by atoms with Crippen LogP contribution in [-0.4, -0.2) is 32.5 Å². The van der Waals surface area contributed by atoms with Gasteiger partial charge >= 0.3 is 0 Å². The summed E-state index contributed by atoms with van der Waals surface area (Å²) in [6.07, 6.45) is 1.22. The van der Waals surface area contributed by atoms with E-state index in [0.29, 0.717) is 28.9 Å². The summed E-state index contributed by atoms with van der Waals surface area (Å²) < 4.78 is 7.00. The van der Waals surface area contributed by atoms with Crippen LogP contribution in [0.3, 0.4) is 0 Å². The van der Waals surface area contributed by atoms with Gasteiger partial charge in [0.15, 0.2) is 5.82 Å². The lowest BCUT2D eigenvalue weighted by molar-refractivity contribution is -0.384. The number of aryl methyl sites for hydroxylation is 1. The molecule has 0 radical (unpaired) electrons. The molecule has 0 spiro atoms. The maximum atomic E-state index is 13.5. The summed E-state index contributed by atoms with van der Waals surface area (Å²) in [7, 11) is 0. The van der Waals surface area contributed by atoms with Crippen molar-refractivity contribution >= 4 is 22.8 Å². The number of hydrogen-bond donors (Lipinski definition) is 1. The van der Waals surface area contributed by atoms with E-state index in [1.54, 1.807) is 24.3 Å². The molecule has 0 aliphatic rings. The fourth-order valence-corrected chi connectivity index (χ4v) is 3.95. The van der Waals surface area contributed by atoms with Crippen molar-refractivity contribution in [2.75, 3.05) is 6.61 Å². The lowest BCUT2D eigenvalue weighted by atomic mass is 9.96. The van der Waals surface area contributed by atoms with Crippen LogP contribution in [0.4, 0.5) is 5.69 Å². The van der Waals surface area contributed by atoms with Crippen LogP contribution < -0.4 is 10.3 Å². The van der Waals surface area contributed by atoms with Gasteiger partial charge in [0.25, 0.3) is 11.2 Å². The Morgan fingerprint density at radius 2 is 1.94 bits per heavy atom. The van der Waals surface area contributed by atoms with Gasteiger partial charge in [-0.3, -0.25) is 14.9 Å². The molecule has 4 aromatic rings. The third kappa shape index (κ3) is 4.68. The molecule has 0 saturated heterocycles. The molecular formula is C27H26N4O5. The van der Waals surface area contributed by atoms with Crippen molar-refractivity contribution in [1.82, 2.24) is 9.66 Å². The first-order valence-electron chi connectivity index (χ1n) is 11.5. The number of non-ortho nitro benzene ring substituents is 1. The van der Waals surface area contributed by atoms with Gasteiger partial charge in [-0.15, -0.1) is 0 Å². The molecular weight excluding hydrogens is 460 g/mol. The molecule has 0 atom stereocenters. The van der Waals surface area contributed by atoms with Crippen LogP contribution in [0.25, 0.3) is 22.3 Å². The predicted octanol–water partition coefficient (Wildman–Crippen LogP) is 5.39. The minimum absolute atomic E-state index is 0.0986. The van der Waals surface area contributed by atoms with Crippen molar-refractivity contribution in [3.63, 3.8) is 0 Å². The standard InChI is InChI=1S/C27H26N4O5/c1-5-36-25-12-17(4)22(14-21(25)16(2)3)26-29-23-9-7-6-8-20(23)27(33)30(26)28-15-18-13-19(31(34)35)10-11-24(18)32/h6-16,32H,5H2,1-4H3. The number of nitro groups is 1. The van der Waals surface area contributed by atoms with Gasteiger partial charge in [0.05, 0.1) is 28.6 Å². The predicted molar refractivity (Wildman–Crippen MR) is 139 cm³/mol. The summed E-state index contributed by atoms with van der Waals surface area (Å²) in [6.45, 7) is 8.47. The Kier molecular flexibility index (Phi) is 6.82. The molecule has 3 aromatic carbocycles. The molecule has 1 aromatic heterocycles. The average Bonchev–Trinajstić information content (AvgIpc) is 2.84. The molecule has 0 fully saturated rings. The highest BCUT2D eigenvalue weighted by atomic mass is 16.6. The number of aromatic hydroxyl groups is 1. The second-order valence-electron chi connectivity index (χ2n) is 8.61. The lowest BCUT2D eigenvalue weighted by Gasteiger charge is -2.18. The number of hydrogen-bond acceptors (Lipinski definition) is 7. The normalized spacial score (nSPS) is 11.5. The molecule has 36 heavy (non-hydrogen) atoms. The van der Waals surface area contributed by atoms with Crippen molar-refractivity contribution in [2.24, 2.45) is 5.10 Å². The maximum absolute atomic E-state index is 13.5. The third-order valence-corrected chi connectivity index (χ3v) is 5.81. The molecule has 0 unspecified atom stereocenters. The highest BCUT2D eigenvalue weighted by Crippen LogP contribution is 2.34. The monoisotopic (exact) mass is 486 g/mol. The van der Waals surface area contributed by atoms with Crippen molar-refractivity contribution in [2.45, 2.75) is 33.6 Å². The number of benzene rings is 3. The first-order chi connectivity index (χ1) is 17.2. The summed E-state index contributed by atoms with van der Waals surface area (Å²) in [4.78, 5) is 28.9. The Labute approximate surface area is 207 Å². The molecule has 4 rings (SSSR count). The van der Waals surface area contributed by atoms with Crippen LogP contribution >= 0.6 is 0 Å². The van der Waals surface area contributed by atoms with Crippen molar-refractivity contribution in [3.05, 3.63) is 91.8 Å². The van der Waals surface area contributed by atoms with Gasteiger partial charge in [0.2, 0.25) is 0 Å². The van der Waals surface area contributed by atoms with Gasteiger partial charge in [-0.25, -0.2) is 4.98 Å². The van der Waals surface area contributed by atoms with Gasteiger partial charge < -0.3 is 9.84 Å². The minimum Gasteiger partial charge on any atom is -0.507 e. The van der Waals surface area contributed by atoms with E-state index < -0.39 is 10.5 Å². The summed E-state index contributed by atoms with van der Waals surface area (Å²) in [5, 5.41) is 26.1. The number of fused-ring (bicyclic) bond motifs is 1. The molecule has 0 amide bonds. The Bertz CT molecular complexity index is 1560. The number of nitrogens with zero attached hydrogens (tertiary/aromatic N) is 4. The van der Waals surface area contributed by atoms with Crippen molar-refractivity contribution in [1.29, 1.82) is 0 Å². The van der Waals surface area contributed by atoms with Gasteiger partial charge in [-0.05, 0) is 61.2 Å². The Morgan fingerprint density at radius 1 is 1.19 bits per heavy atom. The first-order valence-corrected chi connectivity index (χ1v) is 11.5. The summed E-state index contributed by atoms with van der Waals surface area (Å²) in [5.74, 6) is 1.03. The van der Waals surface area contributed by atoms with E-state index in [-0.39, 0.29) is 22.9 Å². The molecule has 0 bridgehead atoms. The van der Waals surface area contributed by atoms with E-state index in [9.17, 15) is 20.0 Å². The van der Waals surface area contributed by atoms with E-state index in [1.165, 1.54) is 24.4 Å². The highest BCUT2D eigenvalue weighted by molar-refractivity contribution is 5.85. The number of phenolic OH excluding ortho intramolecular Hbond substituents is 1. The van der Waals surface area contributed by atoms with Gasteiger partial charge in [-0.1, -0.05) is 26.0 Å². The first kappa shape index (κ1) is 24.6. The number of ether oxygens (including phenoxy) is 1. The Hall–Kier alpha value is -4.53. The van der Waals surface area contributed by atoms with Gasteiger partial charge in [0.1, 0.15) is 11.5 Å². The number of aromatic nitrogens is 2. The maximum Gasteiger partial charge on any atom is 0.282 e. The lowest BCUT2D eigenvalue weighted by Crippen LogP contribution is -2.21. The van der Waals surface area contributed by atoms with E-state index in [0.717, 1.165) is 21.6 Å². The topological polar surface area (TPSA) is 120 Å². The van der Waals surface area contributed by atoms with E-state index in [4.69, 9.17) is 9.72 Å². The largest absolute Gasteiger partial charge is 0.507 e. The second-order valence-corrected chi connectivity index (χ2v) is 8.61. The average molecular weight is 487 g/mol. The number of phenols is 1. The molecule has 1 heterocycles. The summed E-state index contributed by atoms with van der Waals surface area (Å²) in [5.41, 5.74) is 2.51. The van der Waals surface area contributed by atoms with Crippen LogP contribution in [-0.2, 0) is 0 Å². The number of nitro benzene ring substituents is 1. The zero-order chi connectivity index (χ0) is 26.0. The van der Waals surface area contributed by atoms with E-state index in [1.807, 2.05) is 26.0 Å². The zero-order valence-electron chi connectivity index (χ0n) is 20.4. The van der Waals surface area contributed by atoms with Gasteiger partial charge in [-0.2, -0.15) is 9.78 Å². The van der Waals surface area contributed by atoms with Crippen LogP contribution in [0.15, 0.2) is 64.5 Å². The molecule has 0 aliphatic carbocycles. The van der Waals surface area contributed by atoms with Crippen molar-refractivity contribution in [3.8, 4) is 22.9 Å². The van der Waals surface area contributed by atoms with Crippen molar-refractivity contribution < 1.29 is 14.8 Å². The molecule has 9 nitrogen and oxygen atoms in total. The van der Waals surface area contributed by atoms with Gasteiger partial charge in [0, 0.05) is 23.3 Å². The van der Waals surface area contributed by atoms with E-state index in [2.05, 4.69) is 18.9 Å². The van der Waals surface area contributed by atoms with Crippen LogP contribution in [0.2, 0.25) is 0 Å². The van der Waals surface area contributed by atoms with E-state index >= 15 is 0 Å².